The highest BCUT2D eigenvalue weighted by Crippen LogP contribution is 2.53. The van der Waals surface area contributed by atoms with Crippen molar-refractivity contribution in [3.8, 4) is 33.6 Å². The van der Waals surface area contributed by atoms with Gasteiger partial charge in [-0.15, -0.1) is 0 Å². The van der Waals surface area contributed by atoms with E-state index in [0.717, 1.165) is 79.7 Å². The molecule has 2 aliphatic heterocycles. The fourth-order valence-electron chi connectivity index (χ4n) is 8.47. The Morgan fingerprint density at radius 1 is 0.796 bits per heavy atom. The number of aromatic amines is 2. The van der Waals surface area contributed by atoms with Crippen LogP contribution in [-0.4, -0.2) is 72.0 Å². The lowest BCUT2D eigenvalue weighted by atomic mass is 9.98. The average molecular weight is 656 g/mol. The Hall–Kier alpha value is -4.96. The van der Waals surface area contributed by atoms with Crippen LogP contribution in [0.2, 0.25) is 0 Å². The summed E-state index contributed by atoms with van der Waals surface area (Å²) < 4.78 is 0. The summed E-state index contributed by atoms with van der Waals surface area (Å²) in [6.07, 6.45) is 7.00. The minimum atomic E-state index is -1.09. The average Bonchev–Trinajstić information content (AvgIpc) is 3.65. The maximum atomic E-state index is 13.8. The fraction of sp³-hybridized carbons (Fsp3) is 0.385. The minimum absolute atomic E-state index is 0.132. The largest absolute Gasteiger partial charge is 0.465 e. The van der Waals surface area contributed by atoms with Gasteiger partial charge in [0.2, 0.25) is 5.91 Å². The van der Waals surface area contributed by atoms with E-state index in [4.69, 9.17) is 4.98 Å². The SMILES string of the molecule is CC(C)[C@@H](C(=O)N1[C@@H]2C[C@@H]2C[C@H]1c1ncc(-c2ccc3cc(-c4ccc(-c5cnc(C6C[C@H]7C[C@H]7N6)[nH]5)cc4)ccc3c2)[nH]1)N(C)C(=O)O. The van der Waals surface area contributed by atoms with Crippen molar-refractivity contribution in [1.29, 1.82) is 0 Å². The van der Waals surface area contributed by atoms with Gasteiger partial charge in [0.05, 0.1) is 35.9 Å². The highest BCUT2D eigenvalue weighted by molar-refractivity contribution is 5.91. The highest BCUT2D eigenvalue weighted by atomic mass is 16.4. The highest BCUT2D eigenvalue weighted by Gasteiger charge is 2.56. The van der Waals surface area contributed by atoms with Crippen molar-refractivity contribution in [3.63, 3.8) is 0 Å². The Morgan fingerprint density at radius 2 is 1.43 bits per heavy atom. The van der Waals surface area contributed by atoms with Crippen LogP contribution >= 0.6 is 0 Å². The Kier molecular flexibility index (Phi) is 6.95. The first-order valence-electron chi connectivity index (χ1n) is 17.5. The summed E-state index contributed by atoms with van der Waals surface area (Å²) in [5.74, 6) is 2.80. The smallest absolute Gasteiger partial charge is 0.407 e. The molecular formula is C39H41N7O3. The number of aromatic nitrogens is 4. The zero-order chi connectivity index (χ0) is 33.6. The van der Waals surface area contributed by atoms with E-state index in [-0.39, 0.29) is 23.9 Å². The second kappa shape index (κ2) is 11.3. The molecule has 7 atom stereocenters. The van der Waals surface area contributed by atoms with Gasteiger partial charge in [-0.2, -0.15) is 0 Å². The van der Waals surface area contributed by atoms with Crippen molar-refractivity contribution >= 4 is 22.8 Å². The number of carbonyl (C=O) groups excluding carboxylic acids is 1. The summed E-state index contributed by atoms with van der Waals surface area (Å²) in [5, 5.41) is 15.6. The van der Waals surface area contributed by atoms with E-state index in [0.29, 0.717) is 18.0 Å². The molecule has 2 aliphatic carbocycles. The van der Waals surface area contributed by atoms with Crippen molar-refractivity contribution in [2.45, 2.75) is 69.7 Å². The van der Waals surface area contributed by atoms with Gasteiger partial charge in [0.25, 0.3) is 0 Å². The lowest BCUT2D eigenvalue weighted by Crippen LogP contribution is -2.52. The van der Waals surface area contributed by atoms with Crippen molar-refractivity contribution < 1.29 is 14.7 Å². The van der Waals surface area contributed by atoms with E-state index in [9.17, 15) is 14.7 Å². The number of hydrogen-bond donors (Lipinski definition) is 4. The number of imidazole rings is 2. The quantitative estimate of drug-likeness (QED) is 0.142. The molecular weight excluding hydrogens is 614 g/mol. The monoisotopic (exact) mass is 655 g/mol. The number of amides is 2. The predicted octanol–water partition coefficient (Wildman–Crippen LogP) is 7.01. The second-order valence-electron chi connectivity index (χ2n) is 14.9. The zero-order valence-electron chi connectivity index (χ0n) is 27.9. The lowest BCUT2D eigenvalue weighted by molar-refractivity contribution is -0.139. The summed E-state index contributed by atoms with van der Waals surface area (Å²) in [7, 11) is 1.48. The molecule has 10 nitrogen and oxygen atoms in total. The number of H-pyrrole nitrogens is 2. The molecule has 2 saturated heterocycles. The fourth-order valence-corrected chi connectivity index (χ4v) is 8.47. The number of fused-ring (bicyclic) bond motifs is 3. The maximum absolute atomic E-state index is 13.8. The van der Waals surface area contributed by atoms with Gasteiger partial charge >= 0.3 is 6.09 Å². The molecule has 0 spiro atoms. The van der Waals surface area contributed by atoms with Gasteiger partial charge in [0, 0.05) is 24.7 Å². The summed E-state index contributed by atoms with van der Waals surface area (Å²) in [6.45, 7) is 3.79. The van der Waals surface area contributed by atoms with Crippen molar-refractivity contribution in [2.75, 3.05) is 7.05 Å². The number of piperidine rings is 2. The number of benzene rings is 3. The number of nitrogens with one attached hydrogen (secondary N) is 3. The van der Waals surface area contributed by atoms with Crippen LogP contribution in [0.15, 0.2) is 73.1 Å². The van der Waals surface area contributed by atoms with Crippen molar-refractivity contribution in [3.05, 3.63) is 84.7 Å². The van der Waals surface area contributed by atoms with Gasteiger partial charge in [0.1, 0.15) is 17.7 Å². The molecule has 2 amide bonds. The number of nitrogens with zero attached hydrogens (tertiary/aromatic N) is 4. The zero-order valence-corrected chi connectivity index (χ0v) is 27.9. The van der Waals surface area contributed by atoms with Crippen LogP contribution in [0.25, 0.3) is 44.4 Å². The van der Waals surface area contributed by atoms with E-state index in [2.05, 4.69) is 80.9 Å². The predicted molar refractivity (Wildman–Crippen MR) is 187 cm³/mol. The van der Waals surface area contributed by atoms with Gasteiger partial charge in [-0.25, -0.2) is 14.8 Å². The van der Waals surface area contributed by atoms with Crippen LogP contribution in [0.5, 0.6) is 0 Å². The number of likely N-dealkylation sites (tertiary alicyclic amines) is 1. The molecule has 49 heavy (non-hydrogen) atoms. The molecule has 250 valence electrons. The molecule has 4 aliphatic rings. The Morgan fingerprint density at radius 3 is 2.12 bits per heavy atom. The Bertz CT molecular complexity index is 2070. The van der Waals surface area contributed by atoms with Crippen LogP contribution in [0.4, 0.5) is 4.79 Å². The first-order valence-corrected chi connectivity index (χ1v) is 17.5. The van der Waals surface area contributed by atoms with E-state index in [1.54, 1.807) is 0 Å². The van der Waals surface area contributed by atoms with Crippen LogP contribution in [0.3, 0.4) is 0 Å². The summed E-state index contributed by atoms with van der Waals surface area (Å²) in [6, 6.07) is 21.9. The standard InChI is InChI=1S/C39H41N7O3/c1-20(2)35(45(3)39(48)49)38(47)46-33-16-28(33)17-34(46)37-41-19-32(44-37)26-11-10-24-12-23(8-9-25(24)13-26)21-4-6-22(7-5-21)31-18-40-36(43-31)30-15-27-14-29(27)42-30/h4-13,18-20,27-30,33-35,42H,14-17H2,1-3H3,(H,40,43)(H,41,44)(H,48,49)/t27-,28-,29-,30?,33-,34+,35+/m1/s1. The van der Waals surface area contributed by atoms with Crippen LogP contribution < -0.4 is 5.32 Å². The van der Waals surface area contributed by atoms with Crippen LogP contribution in [-0.2, 0) is 4.79 Å². The van der Waals surface area contributed by atoms with Gasteiger partial charge in [-0.1, -0.05) is 62.4 Å². The number of carbonyl (C=O) groups is 2. The Labute approximate surface area is 285 Å². The molecule has 0 radical (unpaired) electrons. The third kappa shape index (κ3) is 5.29. The number of likely N-dealkylation sites (N-methyl/N-ethyl adjacent to an activating group) is 1. The van der Waals surface area contributed by atoms with E-state index < -0.39 is 12.1 Å². The minimum Gasteiger partial charge on any atom is -0.465 e. The van der Waals surface area contributed by atoms with Gasteiger partial charge in [0.15, 0.2) is 0 Å². The third-order valence-electron chi connectivity index (χ3n) is 11.4. The molecule has 9 rings (SSSR count). The van der Waals surface area contributed by atoms with Crippen LogP contribution in [0.1, 0.15) is 63.3 Å². The maximum Gasteiger partial charge on any atom is 0.407 e. The van der Waals surface area contributed by atoms with E-state index >= 15 is 0 Å². The first kappa shape index (κ1) is 30.1. The third-order valence-corrected chi connectivity index (χ3v) is 11.4. The second-order valence-corrected chi connectivity index (χ2v) is 14.9. The molecule has 4 fully saturated rings. The summed E-state index contributed by atoms with van der Waals surface area (Å²) in [4.78, 5) is 45.1. The molecule has 4 N–H and O–H groups in total. The molecule has 2 aromatic heterocycles. The van der Waals surface area contributed by atoms with Gasteiger partial charge in [-0.05, 0) is 83.0 Å². The first-order chi connectivity index (χ1) is 23.7. The number of hydrogen-bond acceptors (Lipinski definition) is 5. The molecule has 2 saturated carbocycles. The summed E-state index contributed by atoms with van der Waals surface area (Å²) in [5.41, 5.74) is 6.42. The molecule has 4 heterocycles. The van der Waals surface area contributed by atoms with E-state index in [1.165, 1.54) is 19.9 Å². The molecule has 3 aromatic carbocycles. The van der Waals surface area contributed by atoms with Gasteiger partial charge < -0.3 is 25.3 Å². The molecule has 1 unspecified atom stereocenters. The van der Waals surface area contributed by atoms with Crippen LogP contribution in [0, 0.1) is 17.8 Å². The van der Waals surface area contributed by atoms with Gasteiger partial charge in [-0.3, -0.25) is 9.69 Å². The Balaban J connectivity index is 0.913. The van der Waals surface area contributed by atoms with Crippen molar-refractivity contribution in [2.24, 2.45) is 17.8 Å². The lowest BCUT2D eigenvalue weighted by Gasteiger charge is -2.35. The van der Waals surface area contributed by atoms with E-state index in [1.807, 2.05) is 31.1 Å². The normalized spacial score (nSPS) is 25.8. The summed E-state index contributed by atoms with van der Waals surface area (Å²) >= 11 is 0. The topological polar surface area (TPSA) is 130 Å². The van der Waals surface area contributed by atoms with Crippen molar-refractivity contribution in [1.82, 2.24) is 35.1 Å². The molecule has 5 aromatic rings. The molecule has 0 bridgehead atoms. The number of carboxylic acid groups (broad SMARTS) is 1. The molecule has 10 heteroatoms. The number of rotatable bonds is 8.